The summed E-state index contributed by atoms with van der Waals surface area (Å²) in [4.78, 5) is 13.2. The molecule has 108 valence electrons. The second-order valence-corrected chi connectivity index (χ2v) is 5.01. The minimum atomic E-state index is 0.0537. The first-order valence-corrected chi connectivity index (χ1v) is 7.22. The number of rotatable bonds is 5. The van der Waals surface area contributed by atoms with Gasteiger partial charge < -0.3 is 9.88 Å². The molecule has 0 fully saturated rings. The quantitative estimate of drug-likeness (QED) is 0.781. The Morgan fingerprint density at radius 3 is 2.67 bits per heavy atom. The normalized spacial score (nSPS) is 12.7. The third kappa shape index (κ3) is 2.64. The van der Waals surface area contributed by atoms with E-state index in [1.54, 1.807) is 12.4 Å². The molecular formula is C16H19N5. The summed E-state index contributed by atoms with van der Waals surface area (Å²) >= 11 is 0. The largest absolute Gasteiger partial charge is 0.333 e. The molecule has 5 heteroatoms. The molecule has 3 rings (SSSR count). The number of hydrogen-bond acceptors (Lipinski definition) is 4. The Labute approximate surface area is 124 Å². The van der Waals surface area contributed by atoms with E-state index in [1.165, 1.54) is 0 Å². The van der Waals surface area contributed by atoms with Crippen LogP contribution < -0.4 is 5.32 Å². The molecule has 2 heterocycles. The first kappa shape index (κ1) is 13.7. The first-order valence-electron chi connectivity index (χ1n) is 7.22. The van der Waals surface area contributed by atoms with Gasteiger partial charge in [0.15, 0.2) is 0 Å². The van der Waals surface area contributed by atoms with E-state index >= 15 is 0 Å². The van der Waals surface area contributed by atoms with Crippen molar-refractivity contribution < 1.29 is 0 Å². The van der Waals surface area contributed by atoms with E-state index in [0.29, 0.717) is 0 Å². The highest BCUT2D eigenvalue weighted by Crippen LogP contribution is 2.23. The summed E-state index contributed by atoms with van der Waals surface area (Å²) in [6.45, 7) is 3.14. The topological polar surface area (TPSA) is 55.6 Å². The molecule has 0 aliphatic rings. The van der Waals surface area contributed by atoms with Gasteiger partial charge in [0.1, 0.15) is 5.82 Å². The molecule has 21 heavy (non-hydrogen) atoms. The first-order chi connectivity index (χ1) is 10.3. The minimum absolute atomic E-state index is 0.0537. The van der Waals surface area contributed by atoms with E-state index in [9.17, 15) is 0 Å². The third-order valence-corrected chi connectivity index (χ3v) is 3.59. The fourth-order valence-corrected chi connectivity index (χ4v) is 2.62. The SMILES string of the molecule is CCCn1ccnc1C(NC)c1ccc2nccnc2c1. The molecule has 0 aliphatic heterocycles. The molecule has 1 aromatic carbocycles. The van der Waals surface area contributed by atoms with E-state index in [-0.39, 0.29) is 6.04 Å². The molecule has 1 unspecified atom stereocenters. The zero-order valence-electron chi connectivity index (χ0n) is 12.3. The molecule has 0 spiro atoms. The molecule has 3 aromatic rings. The Bertz CT molecular complexity index is 734. The van der Waals surface area contributed by atoms with Gasteiger partial charge >= 0.3 is 0 Å². The zero-order chi connectivity index (χ0) is 14.7. The van der Waals surface area contributed by atoms with Crippen molar-refractivity contribution in [2.45, 2.75) is 25.9 Å². The molecule has 0 saturated carbocycles. The van der Waals surface area contributed by atoms with Crippen LogP contribution in [0.2, 0.25) is 0 Å². The Hall–Kier alpha value is -2.27. The second-order valence-electron chi connectivity index (χ2n) is 5.01. The van der Waals surface area contributed by atoms with Crippen LogP contribution in [-0.4, -0.2) is 26.6 Å². The minimum Gasteiger partial charge on any atom is -0.333 e. The zero-order valence-corrected chi connectivity index (χ0v) is 12.3. The van der Waals surface area contributed by atoms with Crippen molar-refractivity contribution in [2.75, 3.05) is 7.05 Å². The predicted molar refractivity (Wildman–Crippen MR) is 83.0 cm³/mol. The summed E-state index contributed by atoms with van der Waals surface area (Å²) < 4.78 is 2.20. The maximum Gasteiger partial charge on any atom is 0.130 e. The van der Waals surface area contributed by atoms with Crippen LogP contribution in [0.15, 0.2) is 43.0 Å². The number of imidazole rings is 1. The summed E-state index contributed by atoms with van der Waals surface area (Å²) in [7, 11) is 1.95. The van der Waals surface area contributed by atoms with E-state index in [2.05, 4.69) is 43.9 Å². The van der Waals surface area contributed by atoms with Crippen molar-refractivity contribution in [3.8, 4) is 0 Å². The van der Waals surface area contributed by atoms with Crippen molar-refractivity contribution in [3.05, 3.63) is 54.4 Å². The van der Waals surface area contributed by atoms with Crippen LogP contribution in [0.25, 0.3) is 11.0 Å². The van der Waals surface area contributed by atoms with Crippen LogP contribution in [0.3, 0.4) is 0 Å². The number of aryl methyl sites for hydroxylation is 1. The van der Waals surface area contributed by atoms with Gasteiger partial charge in [0, 0.05) is 31.3 Å². The number of fused-ring (bicyclic) bond motifs is 1. The third-order valence-electron chi connectivity index (χ3n) is 3.59. The van der Waals surface area contributed by atoms with Crippen molar-refractivity contribution in [1.82, 2.24) is 24.8 Å². The average Bonchev–Trinajstić information content (AvgIpc) is 2.97. The lowest BCUT2D eigenvalue weighted by Crippen LogP contribution is -2.22. The van der Waals surface area contributed by atoms with Gasteiger partial charge in [-0.25, -0.2) is 4.98 Å². The van der Waals surface area contributed by atoms with E-state index in [1.807, 2.05) is 25.5 Å². The predicted octanol–water partition coefficient (Wildman–Crippen LogP) is 2.55. The lowest BCUT2D eigenvalue weighted by molar-refractivity contribution is 0.568. The van der Waals surface area contributed by atoms with Crippen LogP contribution >= 0.6 is 0 Å². The number of aromatic nitrogens is 4. The summed E-state index contributed by atoms with van der Waals surface area (Å²) in [5, 5.41) is 3.35. The van der Waals surface area contributed by atoms with E-state index in [0.717, 1.165) is 35.4 Å². The second kappa shape index (κ2) is 6.01. The highest BCUT2D eigenvalue weighted by atomic mass is 15.1. The molecule has 0 amide bonds. The fraction of sp³-hybridized carbons (Fsp3) is 0.312. The number of hydrogen-bond donors (Lipinski definition) is 1. The van der Waals surface area contributed by atoms with Crippen LogP contribution in [0, 0.1) is 0 Å². The molecular weight excluding hydrogens is 262 g/mol. The molecule has 0 aliphatic carbocycles. The Morgan fingerprint density at radius 2 is 1.90 bits per heavy atom. The van der Waals surface area contributed by atoms with Crippen LogP contribution in [-0.2, 0) is 6.54 Å². The molecule has 1 atom stereocenters. The van der Waals surface area contributed by atoms with E-state index < -0.39 is 0 Å². The van der Waals surface area contributed by atoms with Crippen molar-refractivity contribution in [3.63, 3.8) is 0 Å². The Kier molecular flexibility index (Phi) is 3.92. The molecule has 0 radical (unpaired) electrons. The van der Waals surface area contributed by atoms with Gasteiger partial charge in [-0.05, 0) is 31.2 Å². The molecule has 0 saturated heterocycles. The van der Waals surface area contributed by atoms with Gasteiger partial charge in [0.05, 0.1) is 17.1 Å². The van der Waals surface area contributed by atoms with Crippen LogP contribution in [0.5, 0.6) is 0 Å². The standard InChI is InChI=1S/C16H19N5/c1-3-9-21-10-8-20-16(21)15(17-2)12-4-5-13-14(11-12)19-7-6-18-13/h4-8,10-11,15,17H,3,9H2,1-2H3. The van der Waals surface area contributed by atoms with Crippen LogP contribution in [0.1, 0.15) is 30.8 Å². The fourth-order valence-electron chi connectivity index (χ4n) is 2.62. The van der Waals surface area contributed by atoms with Crippen molar-refractivity contribution in [1.29, 1.82) is 0 Å². The number of nitrogens with one attached hydrogen (secondary N) is 1. The lowest BCUT2D eigenvalue weighted by atomic mass is 10.1. The van der Waals surface area contributed by atoms with Crippen molar-refractivity contribution in [2.24, 2.45) is 0 Å². The van der Waals surface area contributed by atoms with Gasteiger partial charge in [0.2, 0.25) is 0 Å². The maximum absolute atomic E-state index is 4.53. The maximum atomic E-state index is 4.53. The average molecular weight is 281 g/mol. The highest BCUT2D eigenvalue weighted by Gasteiger charge is 2.17. The number of benzene rings is 1. The van der Waals surface area contributed by atoms with Gasteiger partial charge in [0.25, 0.3) is 0 Å². The van der Waals surface area contributed by atoms with Gasteiger partial charge in [-0.15, -0.1) is 0 Å². The lowest BCUT2D eigenvalue weighted by Gasteiger charge is -2.18. The van der Waals surface area contributed by atoms with Gasteiger partial charge in [-0.3, -0.25) is 9.97 Å². The molecule has 2 aromatic heterocycles. The molecule has 1 N–H and O–H groups in total. The molecule has 5 nitrogen and oxygen atoms in total. The molecule has 0 bridgehead atoms. The van der Waals surface area contributed by atoms with Gasteiger partial charge in [-0.1, -0.05) is 13.0 Å². The van der Waals surface area contributed by atoms with E-state index in [4.69, 9.17) is 0 Å². The summed E-state index contributed by atoms with van der Waals surface area (Å²) in [5.74, 6) is 1.03. The Morgan fingerprint density at radius 1 is 1.10 bits per heavy atom. The number of nitrogens with zero attached hydrogens (tertiary/aromatic N) is 4. The summed E-state index contributed by atoms with van der Waals surface area (Å²) in [6.07, 6.45) is 8.41. The smallest absolute Gasteiger partial charge is 0.130 e. The summed E-state index contributed by atoms with van der Waals surface area (Å²) in [6, 6.07) is 6.23. The monoisotopic (exact) mass is 281 g/mol. The summed E-state index contributed by atoms with van der Waals surface area (Å²) in [5.41, 5.74) is 2.96. The van der Waals surface area contributed by atoms with Crippen LogP contribution in [0.4, 0.5) is 0 Å². The van der Waals surface area contributed by atoms with Gasteiger partial charge in [-0.2, -0.15) is 0 Å². The Balaban J connectivity index is 2.03. The van der Waals surface area contributed by atoms with Crippen molar-refractivity contribution >= 4 is 11.0 Å². The highest BCUT2D eigenvalue weighted by molar-refractivity contribution is 5.74.